The molecule has 0 fully saturated rings. The molecule has 0 bridgehead atoms. The van der Waals surface area contributed by atoms with E-state index in [0.29, 0.717) is 0 Å². The molecule has 0 radical (unpaired) electrons. The predicted octanol–water partition coefficient (Wildman–Crippen LogP) is 5.55. The Morgan fingerprint density at radius 2 is 1.30 bits per heavy atom. The molecule has 0 aliphatic rings. The Labute approximate surface area is 161 Å². The number of hydrogen-bond acceptors (Lipinski definition) is 3. The Kier molecular flexibility index (Phi) is 5.31. The molecule has 0 spiro atoms. The third-order valence-electron chi connectivity index (χ3n) is 4.85. The van der Waals surface area contributed by atoms with E-state index in [9.17, 15) is 5.11 Å². The zero-order valence-electron chi connectivity index (χ0n) is 16.4. The van der Waals surface area contributed by atoms with Crippen LogP contribution in [0.2, 0.25) is 0 Å². The van der Waals surface area contributed by atoms with Gasteiger partial charge in [-0.3, -0.25) is 4.99 Å². The van der Waals surface area contributed by atoms with Crippen LogP contribution in [-0.4, -0.2) is 11.3 Å². The van der Waals surface area contributed by atoms with Gasteiger partial charge in [-0.05, 0) is 97.3 Å². The van der Waals surface area contributed by atoms with E-state index in [1.165, 1.54) is 11.1 Å². The minimum absolute atomic E-state index is 0.261. The molecule has 0 saturated carbocycles. The number of phenolic OH excluding ortho intramolecular Hbond substituents is 1. The summed E-state index contributed by atoms with van der Waals surface area (Å²) in [7, 11) is 0. The first-order valence-electron chi connectivity index (χ1n) is 9.12. The van der Waals surface area contributed by atoms with Gasteiger partial charge in [0.25, 0.3) is 0 Å². The summed E-state index contributed by atoms with van der Waals surface area (Å²) in [5.41, 5.74) is 16.0. The molecule has 0 aliphatic heterocycles. The van der Waals surface area contributed by atoms with E-state index >= 15 is 0 Å². The summed E-state index contributed by atoms with van der Waals surface area (Å²) in [6, 6.07) is 15.8. The van der Waals surface area contributed by atoms with Gasteiger partial charge in [0.1, 0.15) is 5.75 Å². The van der Waals surface area contributed by atoms with Crippen molar-refractivity contribution in [3.63, 3.8) is 0 Å². The number of nitrogen functional groups attached to an aromatic ring is 1. The monoisotopic (exact) mass is 358 g/mol. The molecule has 0 amide bonds. The van der Waals surface area contributed by atoms with Gasteiger partial charge >= 0.3 is 0 Å². The molecule has 3 N–H and O–H groups in total. The van der Waals surface area contributed by atoms with Crippen LogP contribution in [0.15, 0.2) is 53.5 Å². The number of aryl methyl sites for hydroxylation is 4. The van der Waals surface area contributed by atoms with Crippen molar-refractivity contribution in [3.05, 3.63) is 87.5 Å². The first-order chi connectivity index (χ1) is 12.8. The minimum atomic E-state index is 0.261. The summed E-state index contributed by atoms with van der Waals surface area (Å²) in [6.45, 7) is 8.31. The third-order valence-corrected chi connectivity index (χ3v) is 4.85. The summed E-state index contributed by atoms with van der Waals surface area (Å²) in [5, 5.41) is 9.38. The first kappa shape index (κ1) is 18.7. The number of phenols is 1. The van der Waals surface area contributed by atoms with Gasteiger partial charge in [0.05, 0.1) is 5.69 Å². The summed E-state index contributed by atoms with van der Waals surface area (Å²) in [5.74, 6) is 0.261. The summed E-state index contributed by atoms with van der Waals surface area (Å²) >= 11 is 0. The molecule has 0 saturated heterocycles. The van der Waals surface area contributed by atoms with Crippen molar-refractivity contribution in [1.82, 2.24) is 0 Å². The molecule has 0 atom stereocenters. The fourth-order valence-corrected chi connectivity index (χ4v) is 3.45. The van der Waals surface area contributed by atoms with Gasteiger partial charge in [-0.25, -0.2) is 0 Å². The lowest BCUT2D eigenvalue weighted by atomic mass is 9.96. The van der Waals surface area contributed by atoms with Crippen molar-refractivity contribution in [2.75, 3.05) is 5.73 Å². The van der Waals surface area contributed by atoms with E-state index in [-0.39, 0.29) is 5.75 Å². The number of hydrogen-bond donors (Lipinski definition) is 2. The van der Waals surface area contributed by atoms with E-state index in [1.807, 2.05) is 18.3 Å². The van der Waals surface area contributed by atoms with Crippen LogP contribution in [0.4, 0.5) is 11.4 Å². The maximum atomic E-state index is 9.38. The van der Waals surface area contributed by atoms with Crippen molar-refractivity contribution in [3.8, 4) is 5.75 Å². The number of aromatic hydroxyl groups is 1. The Bertz CT molecular complexity index is 955. The topological polar surface area (TPSA) is 58.6 Å². The van der Waals surface area contributed by atoms with Crippen LogP contribution in [-0.2, 0) is 6.42 Å². The fourth-order valence-electron chi connectivity index (χ4n) is 3.45. The summed E-state index contributed by atoms with van der Waals surface area (Å²) < 4.78 is 0. The van der Waals surface area contributed by atoms with Crippen LogP contribution >= 0.6 is 0 Å². The smallest absolute Gasteiger partial charge is 0.115 e. The second-order valence-corrected chi connectivity index (χ2v) is 7.25. The SMILES string of the molecule is Cc1cc(Cc2cc(C)c(/N=C/c3ccc(O)cc3)c(C)c2)cc(C)c1N. The van der Waals surface area contributed by atoms with Gasteiger partial charge in [0.15, 0.2) is 0 Å². The lowest BCUT2D eigenvalue weighted by Gasteiger charge is -2.12. The highest BCUT2D eigenvalue weighted by atomic mass is 16.3. The predicted molar refractivity (Wildman–Crippen MR) is 114 cm³/mol. The van der Waals surface area contributed by atoms with E-state index in [0.717, 1.165) is 45.6 Å². The van der Waals surface area contributed by atoms with Crippen LogP contribution in [0, 0.1) is 27.7 Å². The van der Waals surface area contributed by atoms with Crippen LogP contribution in [0.1, 0.15) is 38.9 Å². The number of anilines is 1. The van der Waals surface area contributed by atoms with Gasteiger partial charge in [-0.15, -0.1) is 0 Å². The number of nitrogens with two attached hydrogens (primary N) is 1. The Hall–Kier alpha value is -3.07. The largest absolute Gasteiger partial charge is 0.508 e. The molecule has 27 heavy (non-hydrogen) atoms. The molecule has 3 aromatic carbocycles. The third kappa shape index (κ3) is 4.37. The standard InChI is InChI=1S/C24H26N2O/c1-15-9-20(10-16(2)23(15)25)13-21-11-17(3)24(18(4)12-21)26-14-19-5-7-22(27)8-6-19/h5-12,14,27H,13,25H2,1-4H3/b26-14+. The van der Waals surface area contributed by atoms with Crippen molar-refractivity contribution >= 4 is 17.6 Å². The second-order valence-electron chi connectivity index (χ2n) is 7.25. The summed E-state index contributed by atoms with van der Waals surface area (Å²) in [6.07, 6.45) is 2.72. The first-order valence-corrected chi connectivity index (χ1v) is 9.12. The fraction of sp³-hybridized carbons (Fsp3) is 0.208. The van der Waals surface area contributed by atoms with E-state index in [2.05, 4.69) is 57.0 Å². The molecule has 0 heterocycles. The van der Waals surface area contributed by atoms with Crippen LogP contribution < -0.4 is 5.73 Å². The number of nitrogens with zero attached hydrogens (tertiary/aromatic N) is 1. The molecule has 3 aromatic rings. The highest BCUT2D eigenvalue weighted by Gasteiger charge is 2.07. The molecule has 138 valence electrons. The Morgan fingerprint density at radius 1 is 0.815 bits per heavy atom. The van der Waals surface area contributed by atoms with Gasteiger partial charge < -0.3 is 10.8 Å². The highest BCUT2D eigenvalue weighted by molar-refractivity contribution is 5.83. The van der Waals surface area contributed by atoms with Crippen molar-refractivity contribution < 1.29 is 5.11 Å². The van der Waals surface area contributed by atoms with Crippen LogP contribution in [0.5, 0.6) is 5.75 Å². The summed E-state index contributed by atoms with van der Waals surface area (Å²) in [4.78, 5) is 4.67. The van der Waals surface area contributed by atoms with Crippen LogP contribution in [0.3, 0.4) is 0 Å². The number of aliphatic imine (C=N–C) groups is 1. The Morgan fingerprint density at radius 3 is 1.81 bits per heavy atom. The molecule has 3 heteroatoms. The van der Waals surface area contributed by atoms with Gasteiger partial charge in [0.2, 0.25) is 0 Å². The average Bonchev–Trinajstić information content (AvgIpc) is 2.60. The molecule has 3 rings (SSSR count). The normalized spacial score (nSPS) is 11.3. The van der Waals surface area contributed by atoms with E-state index < -0.39 is 0 Å². The average molecular weight is 358 g/mol. The maximum absolute atomic E-state index is 9.38. The molecule has 0 unspecified atom stereocenters. The second kappa shape index (κ2) is 7.67. The van der Waals surface area contributed by atoms with Crippen molar-refractivity contribution in [2.24, 2.45) is 4.99 Å². The highest BCUT2D eigenvalue weighted by Crippen LogP contribution is 2.27. The molecular weight excluding hydrogens is 332 g/mol. The van der Waals surface area contributed by atoms with Gasteiger partial charge in [0, 0.05) is 11.9 Å². The molecule has 0 aromatic heterocycles. The van der Waals surface area contributed by atoms with E-state index in [1.54, 1.807) is 12.1 Å². The van der Waals surface area contributed by atoms with Gasteiger partial charge in [-0.2, -0.15) is 0 Å². The minimum Gasteiger partial charge on any atom is -0.508 e. The van der Waals surface area contributed by atoms with Crippen LogP contribution in [0.25, 0.3) is 0 Å². The molecular formula is C24H26N2O. The van der Waals surface area contributed by atoms with Gasteiger partial charge in [-0.1, -0.05) is 24.3 Å². The zero-order valence-corrected chi connectivity index (χ0v) is 16.4. The van der Waals surface area contributed by atoms with E-state index in [4.69, 9.17) is 5.73 Å². The lowest BCUT2D eigenvalue weighted by molar-refractivity contribution is 0.475. The maximum Gasteiger partial charge on any atom is 0.115 e. The molecule has 0 aliphatic carbocycles. The number of benzene rings is 3. The zero-order chi connectivity index (χ0) is 19.6. The number of rotatable bonds is 4. The Balaban J connectivity index is 1.85. The lowest BCUT2D eigenvalue weighted by Crippen LogP contribution is -1.98. The van der Waals surface area contributed by atoms with Crippen molar-refractivity contribution in [1.29, 1.82) is 0 Å². The van der Waals surface area contributed by atoms with Crippen molar-refractivity contribution in [2.45, 2.75) is 34.1 Å². The quantitative estimate of drug-likeness (QED) is 0.474. The molecule has 3 nitrogen and oxygen atoms in total.